The Hall–Kier alpha value is -0.790. The summed E-state index contributed by atoms with van der Waals surface area (Å²) in [7, 11) is 0. The highest BCUT2D eigenvalue weighted by atomic mass is 15.1. The average molecular weight is 420 g/mol. The molecule has 176 valence electrons. The fourth-order valence-corrected chi connectivity index (χ4v) is 4.62. The Labute approximate surface area is 189 Å². The van der Waals surface area contributed by atoms with Gasteiger partial charge in [0.1, 0.15) is 12.4 Å². The summed E-state index contributed by atoms with van der Waals surface area (Å²) in [6.45, 7) is 9.30. The molecule has 0 bridgehead atoms. The Bertz CT molecular complexity index is 477. The van der Waals surface area contributed by atoms with Gasteiger partial charge in [0.2, 0.25) is 0 Å². The summed E-state index contributed by atoms with van der Waals surface area (Å²) in [5.74, 6) is 1.58. The third kappa shape index (κ3) is 13.5. The third-order valence-corrected chi connectivity index (χ3v) is 6.56. The fourth-order valence-electron chi connectivity index (χ4n) is 4.62. The molecular weight excluding hydrogens is 364 g/mol. The highest BCUT2D eigenvalue weighted by molar-refractivity contribution is 4.84. The van der Waals surface area contributed by atoms with Crippen LogP contribution < -0.4 is 4.57 Å². The van der Waals surface area contributed by atoms with E-state index in [4.69, 9.17) is 0 Å². The first kappa shape index (κ1) is 27.2. The van der Waals surface area contributed by atoms with Crippen LogP contribution in [0.4, 0.5) is 0 Å². The molecule has 0 amide bonds. The van der Waals surface area contributed by atoms with Gasteiger partial charge in [0.05, 0.1) is 13.1 Å². The number of aromatic nitrogens is 2. The van der Waals surface area contributed by atoms with E-state index in [1.165, 1.54) is 142 Å². The van der Waals surface area contributed by atoms with Gasteiger partial charge in [-0.3, -0.25) is 0 Å². The van der Waals surface area contributed by atoms with E-state index in [0.29, 0.717) is 0 Å². The van der Waals surface area contributed by atoms with Crippen molar-refractivity contribution in [2.45, 2.75) is 162 Å². The minimum absolute atomic E-state index is 1.18. The molecule has 0 fully saturated rings. The normalized spacial score (nSPS) is 11.4. The number of imidazole rings is 1. The Balaban J connectivity index is 2.19. The number of hydrogen-bond donors (Lipinski definition) is 0. The average Bonchev–Trinajstić information content (AvgIpc) is 3.13. The lowest BCUT2D eigenvalue weighted by Crippen LogP contribution is -2.37. The summed E-state index contributed by atoms with van der Waals surface area (Å²) in [6, 6.07) is 0. The maximum absolute atomic E-state index is 2.57. The molecule has 0 saturated heterocycles. The van der Waals surface area contributed by atoms with Crippen molar-refractivity contribution in [3.05, 3.63) is 18.2 Å². The molecule has 0 radical (unpaired) electrons. The predicted octanol–water partition coefficient (Wildman–Crippen LogP) is 8.79. The molecule has 1 heterocycles. The second-order valence-electron chi connectivity index (χ2n) is 9.51. The molecule has 1 rings (SSSR count). The summed E-state index contributed by atoms with van der Waals surface area (Å²) in [6.07, 6.45) is 32.7. The lowest BCUT2D eigenvalue weighted by molar-refractivity contribution is -0.703. The smallest absolute Gasteiger partial charge is 0.234 e. The van der Waals surface area contributed by atoms with Gasteiger partial charge in [-0.15, -0.1) is 0 Å². The summed E-state index contributed by atoms with van der Waals surface area (Å²) in [5.41, 5.74) is 0. The van der Waals surface area contributed by atoms with Gasteiger partial charge >= 0.3 is 0 Å². The van der Waals surface area contributed by atoms with Gasteiger partial charge < -0.3 is 0 Å². The zero-order chi connectivity index (χ0) is 21.7. The topological polar surface area (TPSA) is 8.81 Å². The van der Waals surface area contributed by atoms with Crippen LogP contribution in [-0.4, -0.2) is 4.57 Å². The summed E-state index contributed by atoms with van der Waals surface area (Å²) in [4.78, 5) is 0. The molecule has 0 aliphatic rings. The van der Waals surface area contributed by atoms with Crippen molar-refractivity contribution in [3.8, 4) is 0 Å². The molecule has 0 N–H and O–H groups in total. The van der Waals surface area contributed by atoms with Crippen LogP contribution in [0.25, 0.3) is 0 Å². The molecule has 0 spiro atoms. The lowest BCUT2D eigenvalue weighted by atomic mass is 10.1. The Kier molecular flexibility index (Phi) is 18.3. The first-order valence-electron chi connectivity index (χ1n) is 13.9. The number of hydrogen-bond acceptors (Lipinski definition) is 0. The van der Waals surface area contributed by atoms with Crippen LogP contribution in [0.5, 0.6) is 0 Å². The molecule has 30 heavy (non-hydrogen) atoms. The van der Waals surface area contributed by atoms with Gasteiger partial charge in [0.25, 0.3) is 5.82 Å². The predicted molar refractivity (Wildman–Crippen MR) is 133 cm³/mol. The molecule has 0 aliphatic carbocycles. The lowest BCUT2D eigenvalue weighted by Gasteiger charge is -2.06. The van der Waals surface area contributed by atoms with Crippen molar-refractivity contribution in [2.24, 2.45) is 0 Å². The van der Waals surface area contributed by atoms with E-state index in [0.717, 1.165) is 0 Å². The van der Waals surface area contributed by atoms with Gasteiger partial charge in [-0.2, -0.15) is 0 Å². The highest BCUT2D eigenvalue weighted by Gasteiger charge is 2.15. The second kappa shape index (κ2) is 20.1. The zero-order valence-corrected chi connectivity index (χ0v) is 21.1. The van der Waals surface area contributed by atoms with E-state index in [-0.39, 0.29) is 0 Å². The van der Waals surface area contributed by atoms with Gasteiger partial charge in [0, 0.05) is 6.42 Å². The molecular formula is C28H55N2+. The molecule has 1 aromatic rings. The van der Waals surface area contributed by atoms with Crippen molar-refractivity contribution in [1.82, 2.24) is 4.57 Å². The first-order valence-corrected chi connectivity index (χ1v) is 13.9. The molecule has 0 aliphatic heterocycles. The van der Waals surface area contributed by atoms with Crippen LogP contribution in [0.1, 0.15) is 149 Å². The van der Waals surface area contributed by atoms with Crippen molar-refractivity contribution < 1.29 is 4.57 Å². The van der Waals surface area contributed by atoms with E-state index in [1.807, 2.05) is 0 Å². The summed E-state index contributed by atoms with van der Waals surface area (Å²) < 4.78 is 5.09. The minimum atomic E-state index is 1.18. The first-order chi connectivity index (χ1) is 14.8. The van der Waals surface area contributed by atoms with E-state index in [9.17, 15) is 0 Å². The van der Waals surface area contributed by atoms with Gasteiger partial charge in [-0.25, -0.2) is 9.13 Å². The van der Waals surface area contributed by atoms with Gasteiger partial charge in [-0.05, 0) is 25.7 Å². The Morgan fingerprint density at radius 1 is 0.567 bits per heavy atom. The molecule has 2 heteroatoms. The van der Waals surface area contributed by atoms with Crippen LogP contribution in [0.3, 0.4) is 0 Å². The van der Waals surface area contributed by atoms with E-state index in [2.05, 4.69) is 42.3 Å². The van der Waals surface area contributed by atoms with Crippen LogP contribution in [0, 0.1) is 0 Å². The molecule has 0 atom stereocenters. The maximum Gasteiger partial charge on any atom is 0.256 e. The SMILES string of the molecule is CCCCCCCCCCCCCc1n(CCCCCCCCC)cc[n+]1CCC. The standard InChI is InChI=1S/C28H55N2/c1-4-7-9-11-13-14-15-16-17-19-21-23-28-29(24-6-3)26-27-30(28)25-22-20-18-12-10-8-5-2/h26-27H,4-25H2,1-3H3/q+1. The van der Waals surface area contributed by atoms with Crippen molar-refractivity contribution in [2.75, 3.05) is 0 Å². The zero-order valence-electron chi connectivity index (χ0n) is 21.1. The number of rotatable bonds is 22. The quantitative estimate of drug-likeness (QED) is 0.131. The molecule has 2 nitrogen and oxygen atoms in total. The number of unbranched alkanes of at least 4 members (excludes halogenated alkanes) is 16. The van der Waals surface area contributed by atoms with E-state index in [1.54, 1.807) is 5.82 Å². The fraction of sp³-hybridized carbons (Fsp3) is 0.893. The molecule has 0 saturated carbocycles. The van der Waals surface area contributed by atoms with Crippen LogP contribution in [-0.2, 0) is 19.5 Å². The van der Waals surface area contributed by atoms with Crippen molar-refractivity contribution >= 4 is 0 Å². The maximum atomic E-state index is 2.57. The molecule has 0 unspecified atom stereocenters. The van der Waals surface area contributed by atoms with Gasteiger partial charge in [0.15, 0.2) is 0 Å². The summed E-state index contributed by atoms with van der Waals surface area (Å²) in [5, 5.41) is 0. The largest absolute Gasteiger partial charge is 0.256 e. The van der Waals surface area contributed by atoms with Gasteiger partial charge in [-0.1, -0.05) is 117 Å². The minimum Gasteiger partial charge on any atom is -0.234 e. The van der Waals surface area contributed by atoms with E-state index >= 15 is 0 Å². The highest BCUT2D eigenvalue weighted by Crippen LogP contribution is 2.13. The van der Waals surface area contributed by atoms with Crippen LogP contribution in [0.2, 0.25) is 0 Å². The van der Waals surface area contributed by atoms with Crippen molar-refractivity contribution in [1.29, 1.82) is 0 Å². The monoisotopic (exact) mass is 419 g/mol. The Morgan fingerprint density at radius 3 is 1.53 bits per heavy atom. The molecule has 1 aromatic heterocycles. The molecule has 0 aromatic carbocycles. The number of nitrogens with zero attached hydrogens (tertiary/aromatic N) is 2. The number of aryl methyl sites for hydroxylation is 2. The van der Waals surface area contributed by atoms with Crippen LogP contribution >= 0.6 is 0 Å². The Morgan fingerprint density at radius 2 is 1.03 bits per heavy atom. The second-order valence-corrected chi connectivity index (χ2v) is 9.51. The summed E-state index contributed by atoms with van der Waals surface area (Å²) >= 11 is 0. The van der Waals surface area contributed by atoms with Crippen LogP contribution in [0.15, 0.2) is 12.4 Å². The third-order valence-electron chi connectivity index (χ3n) is 6.56. The van der Waals surface area contributed by atoms with E-state index < -0.39 is 0 Å². The van der Waals surface area contributed by atoms with Crippen molar-refractivity contribution in [3.63, 3.8) is 0 Å².